The summed E-state index contributed by atoms with van der Waals surface area (Å²) in [4.78, 5) is 0. The van der Waals surface area contributed by atoms with Gasteiger partial charge in [-0.25, -0.2) is 8.42 Å². The van der Waals surface area contributed by atoms with Gasteiger partial charge in [0, 0.05) is 5.69 Å². The van der Waals surface area contributed by atoms with E-state index in [0.717, 1.165) is 42.3 Å². The van der Waals surface area contributed by atoms with Gasteiger partial charge in [0.05, 0.1) is 12.9 Å². The Labute approximate surface area is 190 Å². The number of hydrogen-bond donors (Lipinski definition) is 1. The van der Waals surface area contributed by atoms with Gasteiger partial charge in [0.15, 0.2) is 0 Å². The molecule has 0 spiro atoms. The minimum absolute atomic E-state index is 0.563. The molecule has 0 heterocycles. The molecular weight excluding hydrogens is 418 g/mol. The maximum absolute atomic E-state index is 11.7. The fourth-order valence-corrected chi connectivity index (χ4v) is 4.83. The molecule has 0 bridgehead atoms. The molecule has 0 amide bonds. The Kier molecular flexibility index (Phi) is 5.51. The van der Waals surface area contributed by atoms with E-state index in [4.69, 9.17) is 4.74 Å². The first kappa shape index (κ1) is 20.8. The molecule has 3 aromatic carbocycles. The fourth-order valence-electron chi connectivity index (χ4n) is 4.27. The first-order chi connectivity index (χ1) is 15.4. The number of nitrogens with one attached hydrogen (secondary N) is 1. The molecule has 0 aromatic heterocycles. The van der Waals surface area contributed by atoms with Crippen molar-refractivity contribution in [3.05, 3.63) is 94.5 Å². The van der Waals surface area contributed by atoms with Crippen LogP contribution in [0.3, 0.4) is 0 Å². The standard InChI is InChI=1S/C27H27NO3S/c1-32(29,30)28-23-7-4-5-20(15-23)16-27-25-8-3-2-6-21(25)11-12-22-17-24(13-14-26(22)27)31-18-19-9-10-19/h2-8,13-17,19,28H,9-12,18H2,1H3/b27-16+. The Morgan fingerprint density at radius 3 is 2.53 bits per heavy atom. The van der Waals surface area contributed by atoms with Gasteiger partial charge >= 0.3 is 0 Å². The molecule has 4 nitrogen and oxygen atoms in total. The van der Waals surface area contributed by atoms with Crippen molar-refractivity contribution in [3.8, 4) is 5.75 Å². The fraction of sp³-hybridized carbons (Fsp3) is 0.259. The van der Waals surface area contributed by atoms with E-state index in [1.807, 2.05) is 18.2 Å². The van der Waals surface area contributed by atoms with Gasteiger partial charge in [-0.15, -0.1) is 0 Å². The van der Waals surface area contributed by atoms with Crippen molar-refractivity contribution in [3.63, 3.8) is 0 Å². The van der Waals surface area contributed by atoms with Crippen LogP contribution in [-0.4, -0.2) is 21.3 Å². The summed E-state index contributed by atoms with van der Waals surface area (Å²) in [6.07, 6.45) is 7.81. The molecule has 0 radical (unpaired) electrons. The van der Waals surface area contributed by atoms with E-state index < -0.39 is 10.0 Å². The van der Waals surface area contributed by atoms with Gasteiger partial charge < -0.3 is 4.74 Å². The molecule has 0 atom stereocenters. The lowest BCUT2D eigenvalue weighted by atomic mass is 9.92. The van der Waals surface area contributed by atoms with Crippen LogP contribution in [0, 0.1) is 5.92 Å². The third-order valence-electron chi connectivity index (χ3n) is 6.02. The van der Waals surface area contributed by atoms with E-state index in [2.05, 4.69) is 53.3 Å². The lowest BCUT2D eigenvalue weighted by Gasteiger charge is -2.14. The molecule has 3 aromatic rings. The highest BCUT2D eigenvalue weighted by Crippen LogP contribution is 2.37. The van der Waals surface area contributed by atoms with Crippen molar-refractivity contribution in [2.45, 2.75) is 25.7 Å². The van der Waals surface area contributed by atoms with Crippen molar-refractivity contribution in [2.24, 2.45) is 5.92 Å². The summed E-state index contributed by atoms with van der Waals surface area (Å²) in [6, 6.07) is 22.5. The number of sulfonamides is 1. The van der Waals surface area contributed by atoms with Crippen LogP contribution in [0.25, 0.3) is 11.6 Å². The first-order valence-corrected chi connectivity index (χ1v) is 13.0. The molecule has 1 fully saturated rings. The number of benzene rings is 3. The van der Waals surface area contributed by atoms with E-state index in [9.17, 15) is 8.42 Å². The lowest BCUT2D eigenvalue weighted by Crippen LogP contribution is -2.09. The van der Waals surface area contributed by atoms with Crippen LogP contribution >= 0.6 is 0 Å². The van der Waals surface area contributed by atoms with Crippen molar-refractivity contribution in [2.75, 3.05) is 17.6 Å². The topological polar surface area (TPSA) is 55.4 Å². The number of rotatable bonds is 6. The average molecular weight is 446 g/mol. The average Bonchev–Trinajstić information content (AvgIpc) is 3.59. The minimum atomic E-state index is -3.33. The summed E-state index contributed by atoms with van der Waals surface area (Å²) < 4.78 is 32.0. The Morgan fingerprint density at radius 1 is 0.938 bits per heavy atom. The van der Waals surface area contributed by atoms with Crippen molar-refractivity contribution >= 4 is 27.4 Å². The van der Waals surface area contributed by atoms with Gasteiger partial charge in [-0.05, 0) is 95.3 Å². The molecule has 2 aliphatic rings. The predicted octanol–water partition coefficient (Wildman–Crippen LogP) is 5.53. The molecule has 32 heavy (non-hydrogen) atoms. The molecule has 1 N–H and O–H groups in total. The summed E-state index contributed by atoms with van der Waals surface area (Å²) in [5.41, 5.74) is 7.69. The van der Waals surface area contributed by atoms with E-state index in [1.165, 1.54) is 41.4 Å². The number of fused-ring (bicyclic) bond motifs is 2. The summed E-state index contributed by atoms with van der Waals surface area (Å²) >= 11 is 0. The number of aryl methyl sites for hydroxylation is 2. The van der Waals surface area contributed by atoms with Gasteiger partial charge in [0.2, 0.25) is 10.0 Å². The largest absolute Gasteiger partial charge is 0.493 e. The van der Waals surface area contributed by atoms with E-state index in [1.54, 1.807) is 6.07 Å². The van der Waals surface area contributed by atoms with E-state index in [0.29, 0.717) is 5.69 Å². The number of hydrogen-bond acceptors (Lipinski definition) is 3. The van der Waals surface area contributed by atoms with Crippen LogP contribution < -0.4 is 9.46 Å². The Bertz CT molecular complexity index is 1290. The third kappa shape index (κ3) is 4.89. The first-order valence-electron chi connectivity index (χ1n) is 11.1. The van der Waals surface area contributed by atoms with Crippen LogP contribution in [-0.2, 0) is 22.9 Å². The van der Waals surface area contributed by atoms with Gasteiger partial charge in [-0.3, -0.25) is 4.72 Å². The van der Waals surface area contributed by atoms with E-state index >= 15 is 0 Å². The summed E-state index contributed by atoms with van der Waals surface area (Å²) in [5.74, 6) is 1.67. The summed E-state index contributed by atoms with van der Waals surface area (Å²) in [6.45, 7) is 0.807. The highest BCUT2D eigenvalue weighted by molar-refractivity contribution is 7.92. The SMILES string of the molecule is CS(=O)(=O)Nc1cccc(/C=C2\c3ccccc3CCc3cc(OCC4CC4)ccc32)c1. The number of ether oxygens (including phenoxy) is 1. The lowest BCUT2D eigenvalue weighted by molar-refractivity contribution is 0.299. The van der Waals surface area contributed by atoms with Gasteiger partial charge in [0.1, 0.15) is 5.75 Å². The van der Waals surface area contributed by atoms with Crippen molar-refractivity contribution in [1.82, 2.24) is 0 Å². The highest BCUT2D eigenvalue weighted by atomic mass is 32.2. The minimum Gasteiger partial charge on any atom is -0.493 e. The molecule has 1 saturated carbocycles. The zero-order valence-corrected chi connectivity index (χ0v) is 19.0. The Hall–Kier alpha value is -3.05. The van der Waals surface area contributed by atoms with Gasteiger partial charge in [-0.2, -0.15) is 0 Å². The highest BCUT2D eigenvalue weighted by Gasteiger charge is 2.23. The van der Waals surface area contributed by atoms with Crippen LogP contribution in [0.5, 0.6) is 5.75 Å². The maximum atomic E-state index is 11.7. The van der Waals surface area contributed by atoms with Gasteiger partial charge in [-0.1, -0.05) is 42.5 Å². The van der Waals surface area contributed by atoms with Crippen molar-refractivity contribution < 1.29 is 13.2 Å². The maximum Gasteiger partial charge on any atom is 0.229 e. The predicted molar refractivity (Wildman–Crippen MR) is 130 cm³/mol. The number of anilines is 1. The van der Waals surface area contributed by atoms with Crippen LogP contribution in [0.4, 0.5) is 5.69 Å². The second kappa shape index (κ2) is 8.47. The van der Waals surface area contributed by atoms with Gasteiger partial charge in [0.25, 0.3) is 0 Å². The second-order valence-electron chi connectivity index (χ2n) is 8.79. The molecule has 5 rings (SSSR count). The van der Waals surface area contributed by atoms with E-state index in [-0.39, 0.29) is 0 Å². The molecule has 0 unspecified atom stereocenters. The molecular formula is C27H27NO3S. The smallest absolute Gasteiger partial charge is 0.229 e. The van der Waals surface area contributed by atoms with Crippen LogP contribution in [0.15, 0.2) is 66.7 Å². The molecule has 0 aliphatic heterocycles. The zero-order valence-electron chi connectivity index (χ0n) is 18.2. The zero-order chi connectivity index (χ0) is 22.1. The molecule has 0 saturated heterocycles. The van der Waals surface area contributed by atoms with Crippen LogP contribution in [0.1, 0.15) is 40.7 Å². The molecule has 2 aliphatic carbocycles. The summed E-state index contributed by atoms with van der Waals surface area (Å²) in [7, 11) is -3.33. The molecule has 164 valence electrons. The Balaban J connectivity index is 1.57. The van der Waals surface area contributed by atoms with Crippen LogP contribution in [0.2, 0.25) is 0 Å². The normalized spacial score (nSPS) is 16.7. The third-order valence-corrected chi connectivity index (χ3v) is 6.63. The Morgan fingerprint density at radius 2 is 1.72 bits per heavy atom. The molecule has 5 heteroatoms. The van der Waals surface area contributed by atoms with Crippen molar-refractivity contribution in [1.29, 1.82) is 0 Å². The summed E-state index contributed by atoms with van der Waals surface area (Å²) in [5, 5.41) is 0. The second-order valence-corrected chi connectivity index (χ2v) is 10.5. The quantitative estimate of drug-likeness (QED) is 0.542. The monoisotopic (exact) mass is 445 g/mol.